The van der Waals surface area contributed by atoms with E-state index in [0.717, 1.165) is 5.71 Å². The quantitative estimate of drug-likeness (QED) is 0.416. The second kappa shape index (κ2) is 7.26. The summed E-state index contributed by atoms with van der Waals surface area (Å²) in [7, 11) is 0. The lowest BCUT2D eigenvalue weighted by molar-refractivity contribution is -0.124. The summed E-state index contributed by atoms with van der Waals surface area (Å²) in [6.45, 7) is 10.7. The molecule has 0 aliphatic heterocycles. The minimum Gasteiger partial charge on any atom is -0.394 e. The van der Waals surface area contributed by atoms with Gasteiger partial charge in [-0.05, 0) is 12.8 Å². The van der Waals surface area contributed by atoms with Crippen molar-refractivity contribution in [1.29, 1.82) is 0 Å². The monoisotopic (exact) mass is 214 g/mol. The van der Waals surface area contributed by atoms with E-state index >= 15 is 0 Å². The molecule has 0 fully saturated rings. The Hall–Kier alpha value is -1.06. The Morgan fingerprint density at radius 2 is 1.87 bits per heavy atom. The van der Waals surface area contributed by atoms with Crippen LogP contribution in [0.15, 0.2) is 5.16 Å². The molecule has 4 nitrogen and oxygen atoms in total. The molecular weight excluding hydrogens is 192 g/mol. The van der Waals surface area contributed by atoms with Crippen molar-refractivity contribution in [3.8, 4) is 0 Å². The molecule has 0 radical (unpaired) electrons. The fraction of sp³-hybridized carbons (Fsp3) is 0.818. The van der Waals surface area contributed by atoms with E-state index in [1.165, 1.54) is 0 Å². The maximum atomic E-state index is 11.1. The van der Waals surface area contributed by atoms with E-state index in [4.69, 9.17) is 4.84 Å². The topological polar surface area (TPSA) is 50.7 Å². The third kappa shape index (κ3) is 6.94. The van der Waals surface area contributed by atoms with Gasteiger partial charge < -0.3 is 10.2 Å². The summed E-state index contributed by atoms with van der Waals surface area (Å²) in [5.74, 6) is 0.462. The fourth-order valence-electron chi connectivity index (χ4n) is 0.677. The lowest BCUT2D eigenvalue weighted by atomic mass is 10.1. The molecule has 0 aliphatic carbocycles. The molecule has 0 aromatic carbocycles. The van der Waals surface area contributed by atoms with Crippen molar-refractivity contribution in [3.63, 3.8) is 0 Å². The first-order chi connectivity index (χ1) is 6.95. The largest absolute Gasteiger partial charge is 0.394 e. The van der Waals surface area contributed by atoms with Crippen molar-refractivity contribution in [2.75, 3.05) is 13.2 Å². The van der Waals surface area contributed by atoms with Crippen LogP contribution >= 0.6 is 0 Å². The Labute approximate surface area is 92.1 Å². The molecule has 0 saturated carbocycles. The number of carbonyl (C=O) groups excluding carboxylic acids is 1. The average Bonchev–Trinajstić information content (AvgIpc) is 2.16. The minimum absolute atomic E-state index is 0.0194. The van der Waals surface area contributed by atoms with E-state index in [1.807, 2.05) is 20.8 Å². The first-order valence-corrected chi connectivity index (χ1v) is 5.39. The third-order valence-electron chi connectivity index (χ3n) is 2.06. The molecule has 0 aromatic heterocycles. The molecule has 1 N–H and O–H groups in total. The molecular formula is C11H22N2O2. The van der Waals surface area contributed by atoms with Crippen molar-refractivity contribution >= 4 is 11.6 Å². The number of carbonyl (C=O) groups is 1. The van der Waals surface area contributed by atoms with Crippen LogP contribution in [0.5, 0.6) is 0 Å². The molecule has 0 rings (SSSR count). The Morgan fingerprint density at radius 3 is 2.33 bits per heavy atom. The normalized spacial score (nSPS) is 12.1. The number of rotatable bonds is 6. The highest BCUT2D eigenvalue weighted by Crippen LogP contribution is 1.96. The molecule has 0 saturated heterocycles. The summed E-state index contributed by atoms with van der Waals surface area (Å²) in [5.41, 5.74) is 0.963. The van der Waals surface area contributed by atoms with E-state index in [-0.39, 0.29) is 11.8 Å². The molecule has 0 atom stereocenters. The smallest absolute Gasteiger partial charge is 0.222 e. The number of hydrogen-bond acceptors (Lipinski definition) is 3. The molecule has 15 heavy (non-hydrogen) atoms. The van der Waals surface area contributed by atoms with Gasteiger partial charge in [0.05, 0.1) is 12.3 Å². The second-order valence-corrected chi connectivity index (χ2v) is 4.17. The predicted octanol–water partition coefficient (Wildman–Crippen LogP) is 1.81. The van der Waals surface area contributed by atoms with Crippen LogP contribution in [0.3, 0.4) is 0 Å². The number of oxime groups is 1. The Morgan fingerprint density at radius 1 is 1.27 bits per heavy atom. The highest BCUT2D eigenvalue weighted by molar-refractivity contribution is 5.83. The summed E-state index contributed by atoms with van der Waals surface area (Å²) in [5, 5.41) is 6.68. The molecule has 0 unspecified atom stereocenters. The summed E-state index contributed by atoms with van der Waals surface area (Å²) in [4.78, 5) is 16.2. The molecule has 0 aliphatic rings. The molecule has 4 heteroatoms. The SMILES string of the molecule is C/C(=N\OCCNC(=O)C(C)C)C(C)C. The Balaban J connectivity index is 3.56. The summed E-state index contributed by atoms with van der Waals surface area (Å²) >= 11 is 0. The van der Waals surface area contributed by atoms with Gasteiger partial charge in [0.15, 0.2) is 0 Å². The van der Waals surface area contributed by atoms with Crippen LogP contribution in [0, 0.1) is 11.8 Å². The van der Waals surface area contributed by atoms with Gasteiger partial charge in [0.25, 0.3) is 0 Å². The first kappa shape index (κ1) is 13.9. The predicted molar refractivity (Wildman–Crippen MR) is 61.7 cm³/mol. The van der Waals surface area contributed by atoms with Gasteiger partial charge >= 0.3 is 0 Å². The van der Waals surface area contributed by atoms with Gasteiger partial charge in [0, 0.05) is 5.92 Å². The van der Waals surface area contributed by atoms with Gasteiger partial charge in [0.2, 0.25) is 5.91 Å². The van der Waals surface area contributed by atoms with Crippen LogP contribution in [0.4, 0.5) is 0 Å². The van der Waals surface area contributed by atoms with Gasteiger partial charge in [-0.2, -0.15) is 0 Å². The van der Waals surface area contributed by atoms with Crippen LogP contribution in [-0.4, -0.2) is 24.8 Å². The summed E-state index contributed by atoms with van der Waals surface area (Å²) in [6, 6.07) is 0. The Bertz CT molecular complexity index is 223. The van der Waals surface area contributed by atoms with Crippen LogP contribution in [0.2, 0.25) is 0 Å². The zero-order chi connectivity index (χ0) is 11.8. The van der Waals surface area contributed by atoms with E-state index in [0.29, 0.717) is 19.1 Å². The average molecular weight is 214 g/mol. The molecule has 0 aromatic rings. The lowest BCUT2D eigenvalue weighted by Crippen LogP contribution is -2.30. The van der Waals surface area contributed by atoms with E-state index in [2.05, 4.69) is 24.3 Å². The summed E-state index contributed by atoms with van der Waals surface area (Å²) < 4.78 is 0. The third-order valence-corrected chi connectivity index (χ3v) is 2.06. The molecule has 1 amide bonds. The zero-order valence-corrected chi connectivity index (χ0v) is 10.3. The second-order valence-electron chi connectivity index (χ2n) is 4.17. The zero-order valence-electron chi connectivity index (χ0n) is 10.3. The summed E-state index contributed by atoms with van der Waals surface area (Å²) in [6.07, 6.45) is 0. The molecule has 0 spiro atoms. The van der Waals surface area contributed by atoms with Crippen LogP contribution < -0.4 is 5.32 Å². The van der Waals surface area contributed by atoms with Crippen molar-refractivity contribution in [2.45, 2.75) is 34.6 Å². The Kier molecular flexibility index (Phi) is 6.75. The van der Waals surface area contributed by atoms with Crippen LogP contribution in [-0.2, 0) is 9.63 Å². The first-order valence-electron chi connectivity index (χ1n) is 5.39. The minimum atomic E-state index is 0.0194. The maximum Gasteiger partial charge on any atom is 0.222 e. The van der Waals surface area contributed by atoms with Gasteiger partial charge in [0.1, 0.15) is 6.61 Å². The van der Waals surface area contributed by atoms with Crippen molar-refractivity contribution < 1.29 is 9.63 Å². The molecule has 88 valence electrons. The number of nitrogens with zero attached hydrogens (tertiary/aromatic N) is 1. The van der Waals surface area contributed by atoms with Gasteiger partial charge in [-0.1, -0.05) is 32.9 Å². The van der Waals surface area contributed by atoms with Crippen LogP contribution in [0.25, 0.3) is 0 Å². The number of hydrogen-bond donors (Lipinski definition) is 1. The number of amides is 1. The van der Waals surface area contributed by atoms with Crippen molar-refractivity contribution in [1.82, 2.24) is 5.32 Å². The highest BCUT2D eigenvalue weighted by atomic mass is 16.6. The maximum absolute atomic E-state index is 11.1. The van der Waals surface area contributed by atoms with Gasteiger partial charge in [-0.15, -0.1) is 0 Å². The number of nitrogens with one attached hydrogen (secondary N) is 1. The van der Waals surface area contributed by atoms with E-state index in [1.54, 1.807) is 0 Å². The van der Waals surface area contributed by atoms with Crippen molar-refractivity contribution in [3.05, 3.63) is 0 Å². The molecule has 0 bridgehead atoms. The fourth-order valence-corrected chi connectivity index (χ4v) is 0.677. The molecule has 0 heterocycles. The van der Waals surface area contributed by atoms with Crippen molar-refractivity contribution in [2.24, 2.45) is 17.0 Å². The van der Waals surface area contributed by atoms with E-state index < -0.39 is 0 Å². The standard InChI is InChI=1S/C11H22N2O2/c1-8(2)10(5)13-15-7-6-12-11(14)9(3)4/h8-9H,6-7H2,1-5H3,(H,12,14)/b13-10+. The lowest BCUT2D eigenvalue weighted by Gasteiger charge is -2.07. The van der Waals surface area contributed by atoms with Gasteiger partial charge in [-0.3, -0.25) is 4.79 Å². The highest BCUT2D eigenvalue weighted by Gasteiger charge is 2.04. The van der Waals surface area contributed by atoms with E-state index in [9.17, 15) is 4.79 Å². The van der Waals surface area contributed by atoms with Gasteiger partial charge in [-0.25, -0.2) is 0 Å². The van der Waals surface area contributed by atoms with Crippen LogP contribution in [0.1, 0.15) is 34.6 Å².